The number of nitro benzene ring substituents is 1. The van der Waals surface area contributed by atoms with Crippen LogP contribution < -0.4 is 16.0 Å². The van der Waals surface area contributed by atoms with Crippen LogP contribution in [0.5, 0.6) is 11.5 Å². The summed E-state index contributed by atoms with van der Waals surface area (Å²) in [7, 11) is 0. The molecule has 0 unspecified atom stereocenters. The van der Waals surface area contributed by atoms with E-state index in [4.69, 9.17) is 22.2 Å². The number of nitro groups is 1. The van der Waals surface area contributed by atoms with E-state index in [1.807, 2.05) is 6.92 Å². The molecule has 0 fully saturated rings. The maximum absolute atomic E-state index is 11.1. The number of nitrogens with zero attached hydrogens (tertiary/aromatic N) is 1. The van der Waals surface area contributed by atoms with Crippen LogP contribution in [0.3, 0.4) is 0 Å². The minimum atomic E-state index is -0.551. The third-order valence-corrected chi connectivity index (χ3v) is 2.94. The van der Waals surface area contributed by atoms with Crippen molar-refractivity contribution in [2.75, 3.05) is 5.43 Å². The highest BCUT2D eigenvalue weighted by atomic mass is 35.5. The molecule has 0 atom stereocenters. The van der Waals surface area contributed by atoms with Gasteiger partial charge in [-0.15, -0.1) is 0 Å². The first-order valence-corrected chi connectivity index (χ1v) is 6.08. The van der Waals surface area contributed by atoms with Gasteiger partial charge in [-0.1, -0.05) is 23.7 Å². The van der Waals surface area contributed by atoms with Gasteiger partial charge in [0.05, 0.1) is 4.92 Å². The molecular formula is C13H12ClN3O3. The number of ether oxygens (including phenoxy) is 1. The summed E-state index contributed by atoms with van der Waals surface area (Å²) in [6, 6.07) is 9.69. The number of aryl methyl sites for hydroxylation is 1. The van der Waals surface area contributed by atoms with Crippen molar-refractivity contribution in [3.05, 3.63) is 57.1 Å². The first kappa shape index (κ1) is 14.1. The van der Waals surface area contributed by atoms with Gasteiger partial charge in [0.25, 0.3) is 0 Å². The second kappa shape index (κ2) is 5.77. The predicted molar refractivity (Wildman–Crippen MR) is 77.2 cm³/mol. The third-order valence-electron chi connectivity index (χ3n) is 2.71. The fourth-order valence-corrected chi connectivity index (χ4v) is 1.87. The van der Waals surface area contributed by atoms with E-state index in [1.54, 1.807) is 24.3 Å². The lowest BCUT2D eigenvalue weighted by Crippen LogP contribution is -2.09. The second-order valence-electron chi connectivity index (χ2n) is 4.07. The molecule has 0 spiro atoms. The summed E-state index contributed by atoms with van der Waals surface area (Å²) in [5.74, 6) is 5.82. The lowest BCUT2D eigenvalue weighted by atomic mass is 10.2. The fourth-order valence-electron chi connectivity index (χ4n) is 1.71. The van der Waals surface area contributed by atoms with Crippen LogP contribution in [-0.4, -0.2) is 4.92 Å². The van der Waals surface area contributed by atoms with E-state index in [0.29, 0.717) is 10.8 Å². The molecule has 0 heterocycles. The van der Waals surface area contributed by atoms with Crippen molar-refractivity contribution in [1.29, 1.82) is 0 Å². The van der Waals surface area contributed by atoms with Gasteiger partial charge in [0, 0.05) is 5.02 Å². The Bertz CT molecular complexity index is 661. The number of anilines is 1. The minimum Gasteiger partial charge on any atom is -0.450 e. The van der Waals surface area contributed by atoms with Crippen LogP contribution in [0, 0.1) is 17.0 Å². The Balaban J connectivity index is 2.48. The van der Waals surface area contributed by atoms with Crippen molar-refractivity contribution < 1.29 is 9.66 Å². The molecule has 0 saturated heterocycles. The number of nitrogens with two attached hydrogens (primary N) is 1. The molecule has 0 radical (unpaired) electrons. The van der Waals surface area contributed by atoms with E-state index in [1.165, 1.54) is 12.1 Å². The van der Waals surface area contributed by atoms with Crippen molar-refractivity contribution in [3.63, 3.8) is 0 Å². The van der Waals surface area contributed by atoms with Crippen LogP contribution in [-0.2, 0) is 0 Å². The number of para-hydroxylation sites is 1. The van der Waals surface area contributed by atoms with E-state index < -0.39 is 4.92 Å². The van der Waals surface area contributed by atoms with Gasteiger partial charge >= 0.3 is 5.69 Å². The molecule has 0 bridgehead atoms. The van der Waals surface area contributed by atoms with Crippen molar-refractivity contribution in [1.82, 2.24) is 0 Å². The maximum atomic E-state index is 11.1. The topological polar surface area (TPSA) is 90.4 Å². The molecule has 0 amide bonds. The van der Waals surface area contributed by atoms with Gasteiger partial charge in [0.15, 0.2) is 0 Å². The van der Waals surface area contributed by atoms with E-state index in [2.05, 4.69) is 5.43 Å². The minimum absolute atomic E-state index is 0.0933. The monoisotopic (exact) mass is 293 g/mol. The van der Waals surface area contributed by atoms with E-state index in [-0.39, 0.29) is 17.1 Å². The lowest BCUT2D eigenvalue weighted by molar-refractivity contribution is -0.384. The molecule has 0 aliphatic carbocycles. The van der Waals surface area contributed by atoms with Gasteiger partial charge in [-0.3, -0.25) is 16.0 Å². The number of benzene rings is 2. The quantitative estimate of drug-likeness (QED) is 0.510. The average Bonchev–Trinajstić information content (AvgIpc) is 2.42. The Hall–Kier alpha value is -2.31. The van der Waals surface area contributed by atoms with Crippen LogP contribution in [0.2, 0.25) is 5.02 Å². The van der Waals surface area contributed by atoms with Gasteiger partial charge in [0.2, 0.25) is 5.75 Å². The van der Waals surface area contributed by atoms with Gasteiger partial charge in [-0.2, -0.15) is 0 Å². The Kier molecular flexibility index (Phi) is 4.07. The summed E-state index contributed by atoms with van der Waals surface area (Å²) in [5.41, 5.74) is 3.04. The van der Waals surface area contributed by atoms with Crippen LogP contribution in [0.4, 0.5) is 11.4 Å². The zero-order valence-electron chi connectivity index (χ0n) is 10.6. The Labute approximate surface area is 120 Å². The molecule has 2 aromatic carbocycles. The van der Waals surface area contributed by atoms with E-state index in [0.717, 1.165) is 5.56 Å². The largest absolute Gasteiger partial charge is 0.450 e. The zero-order valence-corrected chi connectivity index (χ0v) is 11.3. The summed E-state index contributed by atoms with van der Waals surface area (Å²) in [4.78, 5) is 10.6. The number of hydrazine groups is 1. The van der Waals surface area contributed by atoms with Crippen molar-refractivity contribution >= 4 is 23.0 Å². The van der Waals surface area contributed by atoms with Gasteiger partial charge in [-0.05, 0) is 36.8 Å². The van der Waals surface area contributed by atoms with Crippen LogP contribution in [0.25, 0.3) is 0 Å². The molecule has 6 nitrogen and oxygen atoms in total. The highest BCUT2D eigenvalue weighted by Crippen LogP contribution is 2.38. The van der Waals surface area contributed by atoms with Crippen LogP contribution >= 0.6 is 11.6 Å². The smallest absolute Gasteiger partial charge is 0.335 e. The molecule has 20 heavy (non-hydrogen) atoms. The zero-order chi connectivity index (χ0) is 14.7. The van der Waals surface area contributed by atoms with Gasteiger partial charge in [0.1, 0.15) is 11.4 Å². The third kappa shape index (κ3) is 2.81. The molecule has 0 aliphatic heterocycles. The van der Waals surface area contributed by atoms with E-state index >= 15 is 0 Å². The van der Waals surface area contributed by atoms with Crippen molar-refractivity contribution in [2.45, 2.75) is 6.92 Å². The molecular weight excluding hydrogens is 282 g/mol. The number of nitrogens with one attached hydrogen (secondary N) is 1. The van der Waals surface area contributed by atoms with Crippen LogP contribution in [0.15, 0.2) is 36.4 Å². The summed E-state index contributed by atoms with van der Waals surface area (Å²) in [5, 5.41) is 11.6. The number of rotatable bonds is 4. The number of hydrogen-bond donors (Lipinski definition) is 2. The molecule has 0 saturated carbocycles. The molecule has 7 heteroatoms. The Morgan fingerprint density at radius 3 is 2.70 bits per heavy atom. The lowest BCUT2D eigenvalue weighted by Gasteiger charge is -2.11. The number of nitrogen functional groups attached to an aromatic ring is 1. The summed E-state index contributed by atoms with van der Waals surface area (Å²) >= 11 is 5.90. The highest BCUT2D eigenvalue weighted by Gasteiger charge is 2.21. The maximum Gasteiger partial charge on any atom is 0.335 e. The van der Waals surface area contributed by atoms with Crippen LogP contribution in [0.1, 0.15) is 5.56 Å². The summed E-state index contributed by atoms with van der Waals surface area (Å²) in [6.45, 7) is 1.82. The first-order valence-electron chi connectivity index (χ1n) is 5.71. The molecule has 3 N–H and O–H groups in total. The molecule has 0 aromatic heterocycles. The molecule has 0 aliphatic rings. The first-order chi connectivity index (χ1) is 9.52. The van der Waals surface area contributed by atoms with Gasteiger partial charge in [-0.25, -0.2) is 0 Å². The molecule has 104 valence electrons. The van der Waals surface area contributed by atoms with Crippen molar-refractivity contribution in [3.8, 4) is 11.5 Å². The summed E-state index contributed by atoms with van der Waals surface area (Å²) in [6.07, 6.45) is 0. The average molecular weight is 294 g/mol. The fraction of sp³-hybridized carbons (Fsp3) is 0.0769. The number of halogens is 1. The summed E-state index contributed by atoms with van der Waals surface area (Å²) < 4.78 is 5.60. The highest BCUT2D eigenvalue weighted by molar-refractivity contribution is 6.30. The molecule has 2 aromatic rings. The Morgan fingerprint density at radius 2 is 2.05 bits per heavy atom. The standard InChI is InChI=1S/C13H12ClN3O3/c1-8-5-6-9(14)7-12(8)20-11-4-2-3-10(16-15)13(11)17(18)19/h2-7,16H,15H2,1H3. The van der Waals surface area contributed by atoms with E-state index in [9.17, 15) is 10.1 Å². The normalized spacial score (nSPS) is 10.2. The Morgan fingerprint density at radius 1 is 1.30 bits per heavy atom. The number of hydrogen-bond acceptors (Lipinski definition) is 5. The molecule has 2 rings (SSSR count). The van der Waals surface area contributed by atoms with Gasteiger partial charge < -0.3 is 10.2 Å². The predicted octanol–water partition coefficient (Wildman–Crippen LogP) is 3.63. The second-order valence-corrected chi connectivity index (χ2v) is 4.50. The SMILES string of the molecule is Cc1ccc(Cl)cc1Oc1cccc(NN)c1[N+](=O)[O-]. The van der Waals surface area contributed by atoms with Crippen molar-refractivity contribution in [2.24, 2.45) is 5.84 Å².